The SMILES string of the molecule is CC1CCC(NC(=O)N2CCN(c3cnn(C)c3)C(=O)C2)CC1. The van der Waals surface area contributed by atoms with E-state index in [1.54, 1.807) is 20.7 Å². The molecule has 1 aromatic rings. The third-order valence-electron chi connectivity index (χ3n) is 4.85. The van der Waals surface area contributed by atoms with Crippen molar-refractivity contribution in [1.82, 2.24) is 20.0 Å². The minimum absolute atomic E-state index is 0.0586. The summed E-state index contributed by atoms with van der Waals surface area (Å²) in [6.45, 7) is 3.45. The number of amides is 3. The Hall–Kier alpha value is -2.05. The lowest BCUT2D eigenvalue weighted by atomic mass is 9.87. The van der Waals surface area contributed by atoms with E-state index in [0.29, 0.717) is 13.1 Å². The van der Waals surface area contributed by atoms with Gasteiger partial charge in [-0.2, -0.15) is 5.10 Å². The van der Waals surface area contributed by atoms with Gasteiger partial charge in [0.15, 0.2) is 0 Å². The van der Waals surface area contributed by atoms with Crippen LogP contribution in [-0.2, 0) is 11.8 Å². The standard InChI is InChI=1S/C16H25N5O2/c1-12-3-5-13(6-4-12)18-16(23)20-7-8-21(15(22)11-20)14-9-17-19(2)10-14/h9-10,12-13H,3-8,11H2,1-2H3,(H,18,23). The van der Waals surface area contributed by atoms with Crippen LogP contribution in [0.2, 0.25) is 0 Å². The van der Waals surface area contributed by atoms with Crippen LogP contribution in [0.5, 0.6) is 0 Å². The summed E-state index contributed by atoms with van der Waals surface area (Å²) in [4.78, 5) is 28.0. The normalized spacial score (nSPS) is 25.6. The molecule has 2 fully saturated rings. The first-order valence-electron chi connectivity index (χ1n) is 8.37. The summed E-state index contributed by atoms with van der Waals surface area (Å²) in [6, 6.07) is 0.147. The molecule has 23 heavy (non-hydrogen) atoms. The number of carbonyl (C=O) groups excluding carboxylic acids is 2. The molecule has 0 atom stereocenters. The maximum atomic E-state index is 12.4. The molecule has 3 amide bonds. The van der Waals surface area contributed by atoms with Crippen molar-refractivity contribution in [3.05, 3.63) is 12.4 Å². The number of carbonyl (C=O) groups is 2. The Morgan fingerprint density at radius 3 is 2.61 bits per heavy atom. The van der Waals surface area contributed by atoms with Crippen molar-refractivity contribution >= 4 is 17.6 Å². The molecule has 0 unspecified atom stereocenters. The molecule has 1 aliphatic heterocycles. The summed E-state index contributed by atoms with van der Waals surface area (Å²) in [5.41, 5.74) is 0.791. The quantitative estimate of drug-likeness (QED) is 0.895. The summed E-state index contributed by atoms with van der Waals surface area (Å²) in [6.07, 6.45) is 7.90. The molecule has 126 valence electrons. The van der Waals surface area contributed by atoms with E-state index < -0.39 is 0 Å². The van der Waals surface area contributed by atoms with Gasteiger partial charge in [-0.25, -0.2) is 4.79 Å². The first-order chi connectivity index (χ1) is 11.0. The van der Waals surface area contributed by atoms with Crippen molar-refractivity contribution in [3.63, 3.8) is 0 Å². The Morgan fingerprint density at radius 2 is 2.00 bits per heavy atom. The Labute approximate surface area is 136 Å². The van der Waals surface area contributed by atoms with Crippen LogP contribution in [0.4, 0.5) is 10.5 Å². The first-order valence-corrected chi connectivity index (χ1v) is 8.37. The highest BCUT2D eigenvalue weighted by Gasteiger charge is 2.30. The van der Waals surface area contributed by atoms with Crippen LogP contribution in [0.3, 0.4) is 0 Å². The molecule has 0 radical (unpaired) electrons. The highest BCUT2D eigenvalue weighted by atomic mass is 16.2. The van der Waals surface area contributed by atoms with Crippen LogP contribution in [-0.4, -0.2) is 52.3 Å². The van der Waals surface area contributed by atoms with Crippen molar-refractivity contribution in [2.45, 2.75) is 38.6 Å². The van der Waals surface area contributed by atoms with Crippen molar-refractivity contribution in [2.24, 2.45) is 13.0 Å². The van der Waals surface area contributed by atoms with Gasteiger partial charge in [-0.05, 0) is 31.6 Å². The largest absolute Gasteiger partial charge is 0.335 e. The molecule has 7 heteroatoms. The fourth-order valence-electron chi connectivity index (χ4n) is 3.34. The molecular formula is C16H25N5O2. The summed E-state index contributed by atoms with van der Waals surface area (Å²) >= 11 is 0. The molecule has 7 nitrogen and oxygen atoms in total. The Morgan fingerprint density at radius 1 is 1.26 bits per heavy atom. The lowest BCUT2D eigenvalue weighted by Gasteiger charge is -2.35. The summed E-state index contributed by atoms with van der Waals surface area (Å²) in [5.74, 6) is 0.699. The van der Waals surface area contributed by atoms with Gasteiger partial charge >= 0.3 is 6.03 Å². The van der Waals surface area contributed by atoms with E-state index in [9.17, 15) is 9.59 Å². The molecule has 0 spiro atoms. The van der Waals surface area contributed by atoms with Gasteiger partial charge in [0.25, 0.3) is 0 Å². The number of anilines is 1. The van der Waals surface area contributed by atoms with E-state index in [4.69, 9.17) is 0 Å². The van der Waals surface area contributed by atoms with Gasteiger partial charge in [0.1, 0.15) is 6.54 Å². The predicted molar refractivity (Wildman–Crippen MR) is 87.1 cm³/mol. The fraction of sp³-hybridized carbons (Fsp3) is 0.688. The van der Waals surface area contributed by atoms with Crippen molar-refractivity contribution in [3.8, 4) is 0 Å². The number of hydrogen-bond acceptors (Lipinski definition) is 3. The van der Waals surface area contributed by atoms with Crippen molar-refractivity contribution < 1.29 is 9.59 Å². The number of hydrogen-bond donors (Lipinski definition) is 1. The molecular weight excluding hydrogens is 294 g/mol. The van der Waals surface area contributed by atoms with E-state index in [2.05, 4.69) is 17.3 Å². The van der Waals surface area contributed by atoms with Crippen molar-refractivity contribution in [1.29, 1.82) is 0 Å². The van der Waals surface area contributed by atoms with Gasteiger partial charge < -0.3 is 15.1 Å². The number of rotatable bonds is 2. The maximum Gasteiger partial charge on any atom is 0.318 e. The van der Waals surface area contributed by atoms with Gasteiger partial charge in [0.05, 0.1) is 11.9 Å². The lowest BCUT2D eigenvalue weighted by Crippen LogP contribution is -2.56. The van der Waals surface area contributed by atoms with Crippen LogP contribution in [0, 0.1) is 5.92 Å². The van der Waals surface area contributed by atoms with Gasteiger partial charge in [0.2, 0.25) is 5.91 Å². The lowest BCUT2D eigenvalue weighted by molar-refractivity contribution is -0.120. The minimum Gasteiger partial charge on any atom is -0.335 e. The van der Waals surface area contributed by atoms with Gasteiger partial charge in [-0.15, -0.1) is 0 Å². The molecule has 0 aromatic carbocycles. The van der Waals surface area contributed by atoms with Crippen LogP contribution in [0.25, 0.3) is 0 Å². The fourth-order valence-corrected chi connectivity index (χ4v) is 3.34. The average Bonchev–Trinajstić information content (AvgIpc) is 2.95. The number of nitrogens with zero attached hydrogens (tertiary/aromatic N) is 4. The highest BCUT2D eigenvalue weighted by Crippen LogP contribution is 2.23. The Kier molecular flexibility index (Phi) is 4.54. The summed E-state index contributed by atoms with van der Waals surface area (Å²) < 4.78 is 1.67. The molecule has 1 saturated heterocycles. The first kappa shape index (κ1) is 15.8. The number of piperazine rings is 1. The Balaban J connectivity index is 1.53. The van der Waals surface area contributed by atoms with E-state index in [1.807, 2.05) is 13.2 Å². The molecule has 2 heterocycles. The molecule has 3 rings (SSSR count). The van der Waals surface area contributed by atoms with E-state index in [0.717, 1.165) is 24.4 Å². The summed E-state index contributed by atoms with van der Waals surface area (Å²) in [5, 5.41) is 7.18. The van der Waals surface area contributed by atoms with E-state index in [1.165, 1.54) is 12.8 Å². The van der Waals surface area contributed by atoms with Crippen molar-refractivity contribution in [2.75, 3.05) is 24.5 Å². The molecule has 1 N–H and O–H groups in total. The minimum atomic E-state index is -0.108. The highest BCUT2D eigenvalue weighted by molar-refractivity contribution is 5.97. The molecule has 1 aliphatic carbocycles. The van der Waals surface area contributed by atoms with Gasteiger partial charge in [0, 0.05) is 32.4 Å². The second kappa shape index (κ2) is 6.60. The molecule has 1 saturated carbocycles. The number of nitrogens with one attached hydrogen (secondary N) is 1. The zero-order valence-electron chi connectivity index (χ0n) is 13.9. The monoisotopic (exact) mass is 319 g/mol. The summed E-state index contributed by atoms with van der Waals surface area (Å²) in [7, 11) is 1.82. The van der Waals surface area contributed by atoms with Crippen LogP contribution in [0.15, 0.2) is 12.4 Å². The van der Waals surface area contributed by atoms with E-state index in [-0.39, 0.29) is 24.5 Å². The third kappa shape index (κ3) is 3.65. The van der Waals surface area contributed by atoms with Gasteiger partial charge in [-0.3, -0.25) is 9.48 Å². The smallest absolute Gasteiger partial charge is 0.318 e. The number of aryl methyl sites for hydroxylation is 1. The third-order valence-corrected chi connectivity index (χ3v) is 4.85. The van der Waals surface area contributed by atoms with E-state index >= 15 is 0 Å². The van der Waals surface area contributed by atoms with Crippen LogP contribution in [0.1, 0.15) is 32.6 Å². The second-order valence-corrected chi connectivity index (χ2v) is 6.75. The number of urea groups is 1. The zero-order valence-corrected chi connectivity index (χ0v) is 13.9. The predicted octanol–water partition coefficient (Wildman–Crippen LogP) is 1.36. The molecule has 0 bridgehead atoms. The average molecular weight is 319 g/mol. The number of aromatic nitrogens is 2. The van der Waals surface area contributed by atoms with Gasteiger partial charge in [-0.1, -0.05) is 6.92 Å². The topological polar surface area (TPSA) is 70.5 Å². The van der Waals surface area contributed by atoms with Crippen LogP contribution < -0.4 is 10.2 Å². The second-order valence-electron chi connectivity index (χ2n) is 6.75. The Bertz CT molecular complexity index is 577. The maximum absolute atomic E-state index is 12.4. The molecule has 2 aliphatic rings. The zero-order chi connectivity index (χ0) is 16.4. The van der Waals surface area contributed by atoms with Crippen LogP contribution >= 0.6 is 0 Å². The molecule has 1 aromatic heterocycles.